The quantitative estimate of drug-likeness (QED) is 0.539. The van der Waals surface area contributed by atoms with Gasteiger partial charge in [0.2, 0.25) is 10.0 Å². The Hall–Kier alpha value is -3.24. The van der Waals surface area contributed by atoms with Crippen LogP contribution in [0.5, 0.6) is 0 Å². The molecule has 0 spiro atoms. The van der Waals surface area contributed by atoms with E-state index in [1.54, 1.807) is 49.9 Å². The van der Waals surface area contributed by atoms with E-state index in [1.165, 1.54) is 12.1 Å². The molecule has 0 radical (unpaired) electrons. The number of amides is 1. The Kier molecular flexibility index (Phi) is 6.46. The van der Waals surface area contributed by atoms with Gasteiger partial charge < -0.3 is 14.4 Å². The third-order valence-corrected chi connectivity index (χ3v) is 7.76. The summed E-state index contributed by atoms with van der Waals surface area (Å²) in [7, 11) is -3.87. The number of benzene rings is 2. The lowest BCUT2D eigenvalue weighted by Crippen LogP contribution is -2.40. The van der Waals surface area contributed by atoms with Gasteiger partial charge in [-0.05, 0) is 57.0 Å². The van der Waals surface area contributed by atoms with Crippen molar-refractivity contribution in [3.8, 4) is 11.3 Å². The fourth-order valence-corrected chi connectivity index (χ4v) is 5.89. The van der Waals surface area contributed by atoms with Gasteiger partial charge >= 0.3 is 11.9 Å². The summed E-state index contributed by atoms with van der Waals surface area (Å²) >= 11 is 0. The summed E-state index contributed by atoms with van der Waals surface area (Å²) in [6.45, 7) is 8.48. The lowest BCUT2D eigenvalue weighted by molar-refractivity contribution is 0.0654. The second-order valence-electron chi connectivity index (χ2n) is 9.99. The average Bonchev–Trinajstić information content (AvgIpc) is 3.22. The SMILES string of the molecule is CC1CCN(C(=O)c2nc(C(=O)O)oc2-c2ccc(S(=O)(=O)NC(C)(C)C)c3ccccc23)CC1. The first-order chi connectivity index (χ1) is 16.4. The number of oxazole rings is 1. The number of aromatic nitrogens is 1. The van der Waals surface area contributed by atoms with Crippen molar-refractivity contribution in [2.24, 2.45) is 5.92 Å². The van der Waals surface area contributed by atoms with Gasteiger partial charge in [0, 0.05) is 29.6 Å². The van der Waals surface area contributed by atoms with E-state index in [0.717, 1.165) is 12.8 Å². The third kappa shape index (κ3) is 5.08. The van der Waals surface area contributed by atoms with Crippen molar-refractivity contribution in [2.45, 2.75) is 51.0 Å². The van der Waals surface area contributed by atoms with Gasteiger partial charge in [0.05, 0.1) is 4.90 Å². The molecule has 4 rings (SSSR count). The second-order valence-corrected chi connectivity index (χ2v) is 11.6. The molecule has 2 heterocycles. The van der Waals surface area contributed by atoms with E-state index in [0.29, 0.717) is 35.3 Å². The zero-order valence-electron chi connectivity index (χ0n) is 20.2. The van der Waals surface area contributed by atoms with Crippen molar-refractivity contribution in [3.63, 3.8) is 0 Å². The number of piperidine rings is 1. The number of carboxylic acid groups (broad SMARTS) is 1. The fraction of sp³-hybridized carbons (Fsp3) is 0.400. The number of aromatic carboxylic acids is 1. The van der Waals surface area contributed by atoms with Crippen molar-refractivity contribution < 1.29 is 27.5 Å². The number of carbonyl (C=O) groups is 2. The maximum absolute atomic E-state index is 13.4. The fourth-order valence-electron chi connectivity index (χ4n) is 4.26. The van der Waals surface area contributed by atoms with Gasteiger partial charge in [-0.1, -0.05) is 31.2 Å². The lowest BCUT2D eigenvalue weighted by atomic mass is 9.98. The van der Waals surface area contributed by atoms with Crippen LogP contribution in [0.3, 0.4) is 0 Å². The summed E-state index contributed by atoms with van der Waals surface area (Å²) in [5, 5.41) is 10.4. The minimum Gasteiger partial charge on any atom is -0.474 e. The summed E-state index contributed by atoms with van der Waals surface area (Å²) in [5.41, 5.74) is -0.389. The number of nitrogens with one attached hydrogen (secondary N) is 1. The monoisotopic (exact) mass is 499 g/mol. The van der Waals surface area contributed by atoms with E-state index in [-0.39, 0.29) is 16.3 Å². The molecular formula is C25H29N3O6S. The molecule has 0 aliphatic carbocycles. The third-order valence-electron chi connectivity index (χ3n) is 5.94. The molecular weight excluding hydrogens is 470 g/mol. The molecule has 0 saturated carbocycles. The van der Waals surface area contributed by atoms with Gasteiger partial charge in [-0.15, -0.1) is 0 Å². The van der Waals surface area contributed by atoms with Crippen molar-refractivity contribution in [2.75, 3.05) is 13.1 Å². The molecule has 186 valence electrons. The number of carboxylic acids is 1. The van der Waals surface area contributed by atoms with E-state index in [1.807, 2.05) is 0 Å². The summed E-state index contributed by atoms with van der Waals surface area (Å²) in [4.78, 5) is 30.8. The Labute approximate surface area is 204 Å². The number of carbonyl (C=O) groups excluding carboxylic acids is 1. The van der Waals surface area contributed by atoms with E-state index in [2.05, 4.69) is 16.6 Å². The topological polar surface area (TPSA) is 130 Å². The van der Waals surface area contributed by atoms with Gasteiger partial charge in [0.15, 0.2) is 11.5 Å². The van der Waals surface area contributed by atoms with Crippen LogP contribution in [0, 0.1) is 5.92 Å². The van der Waals surface area contributed by atoms with E-state index in [9.17, 15) is 23.1 Å². The Morgan fingerprint density at radius 2 is 1.71 bits per heavy atom. The van der Waals surface area contributed by atoms with Crippen LogP contribution < -0.4 is 4.72 Å². The summed E-state index contributed by atoms with van der Waals surface area (Å²) in [5.74, 6) is -1.88. The molecule has 0 unspecified atom stereocenters. The molecule has 3 aromatic rings. The lowest BCUT2D eigenvalue weighted by Gasteiger charge is -2.29. The van der Waals surface area contributed by atoms with Crippen LogP contribution in [-0.4, -0.2) is 53.9 Å². The number of fused-ring (bicyclic) bond motifs is 1. The van der Waals surface area contributed by atoms with Crippen molar-refractivity contribution in [1.82, 2.24) is 14.6 Å². The zero-order valence-corrected chi connectivity index (χ0v) is 21.0. The van der Waals surface area contributed by atoms with Gasteiger partial charge in [-0.3, -0.25) is 4.79 Å². The first kappa shape index (κ1) is 24.9. The molecule has 2 aromatic carbocycles. The molecule has 1 fully saturated rings. The predicted molar refractivity (Wildman–Crippen MR) is 131 cm³/mol. The normalized spacial score (nSPS) is 15.5. The highest BCUT2D eigenvalue weighted by Crippen LogP contribution is 2.36. The molecule has 1 aliphatic heterocycles. The largest absolute Gasteiger partial charge is 0.474 e. The van der Waals surface area contributed by atoms with E-state index >= 15 is 0 Å². The molecule has 35 heavy (non-hydrogen) atoms. The number of sulfonamides is 1. The van der Waals surface area contributed by atoms with Crippen molar-refractivity contribution in [3.05, 3.63) is 48.0 Å². The van der Waals surface area contributed by atoms with Gasteiger partial charge in [-0.25, -0.2) is 17.9 Å². The van der Waals surface area contributed by atoms with E-state index < -0.39 is 33.3 Å². The Balaban J connectivity index is 1.87. The average molecular weight is 500 g/mol. The van der Waals surface area contributed by atoms with Crippen LogP contribution in [0.15, 0.2) is 45.7 Å². The summed E-state index contributed by atoms with van der Waals surface area (Å²) in [6.07, 6.45) is 1.70. The van der Waals surface area contributed by atoms with Gasteiger partial charge in [0.25, 0.3) is 5.91 Å². The molecule has 10 heteroatoms. The van der Waals surface area contributed by atoms with Crippen LogP contribution in [0.2, 0.25) is 0 Å². The number of likely N-dealkylation sites (tertiary alicyclic amines) is 1. The predicted octanol–water partition coefficient (Wildman–Crippen LogP) is 4.14. The zero-order chi connectivity index (χ0) is 25.5. The highest BCUT2D eigenvalue weighted by molar-refractivity contribution is 7.89. The van der Waals surface area contributed by atoms with Crippen LogP contribution in [0.25, 0.3) is 22.1 Å². The first-order valence-corrected chi connectivity index (χ1v) is 13.0. The number of hydrogen-bond acceptors (Lipinski definition) is 6. The van der Waals surface area contributed by atoms with Gasteiger partial charge in [-0.2, -0.15) is 4.98 Å². The Morgan fingerprint density at radius 3 is 2.31 bits per heavy atom. The molecule has 0 atom stereocenters. The highest BCUT2D eigenvalue weighted by Gasteiger charge is 2.31. The molecule has 9 nitrogen and oxygen atoms in total. The first-order valence-electron chi connectivity index (χ1n) is 11.5. The number of hydrogen-bond donors (Lipinski definition) is 2. The molecule has 1 saturated heterocycles. The molecule has 1 aromatic heterocycles. The van der Waals surface area contributed by atoms with Gasteiger partial charge in [0.1, 0.15) is 0 Å². The summed E-state index contributed by atoms with van der Waals surface area (Å²) < 4.78 is 34.5. The Bertz CT molecular complexity index is 1400. The molecule has 0 bridgehead atoms. The standard InChI is InChI=1S/C25H29N3O6S/c1-15-11-13-28(14-12-15)23(29)20-21(34-22(26-20)24(30)31)18-9-10-19(17-8-6-5-7-16(17)18)35(32,33)27-25(2,3)4/h5-10,15,27H,11-14H2,1-4H3,(H,30,31). The van der Waals surface area contributed by atoms with Crippen LogP contribution in [-0.2, 0) is 10.0 Å². The molecule has 1 amide bonds. The minimum atomic E-state index is -3.87. The summed E-state index contributed by atoms with van der Waals surface area (Å²) in [6, 6.07) is 9.79. The second kappa shape index (κ2) is 9.09. The van der Waals surface area contributed by atoms with Crippen molar-refractivity contribution in [1.29, 1.82) is 0 Å². The van der Waals surface area contributed by atoms with Crippen LogP contribution >= 0.6 is 0 Å². The molecule has 2 N–H and O–H groups in total. The Morgan fingerprint density at radius 1 is 1.09 bits per heavy atom. The van der Waals surface area contributed by atoms with Crippen molar-refractivity contribution >= 4 is 32.7 Å². The molecule has 1 aliphatic rings. The maximum Gasteiger partial charge on any atom is 0.392 e. The smallest absolute Gasteiger partial charge is 0.392 e. The minimum absolute atomic E-state index is 0.00921. The highest BCUT2D eigenvalue weighted by atomic mass is 32.2. The van der Waals surface area contributed by atoms with Crippen LogP contribution in [0.4, 0.5) is 0 Å². The number of rotatable bonds is 5. The van der Waals surface area contributed by atoms with Crippen LogP contribution in [0.1, 0.15) is 61.7 Å². The van der Waals surface area contributed by atoms with E-state index in [4.69, 9.17) is 4.42 Å². The number of nitrogens with zero attached hydrogens (tertiary/aromatic N) is 2. The maximum atomic E-state index is 13.4.